The van der Waals surface area contributed by atoms with E-state index in [1.165, 1.54) is 0 Å². The first kappa shape index (κ1) is 7.41. The molecule has 1 atom stereocenters. The molecule has 10 heavy (non-hydrogen) atoms. The van der Waals surface area contributed by atoms with E-state index in [2.05, 4.69) is 11.6 Å². The van der Waals surface area contributed by atoms with Crippen molar-refractivity contribution < 1.29 is 4.42 Å². The van der Waals surface area contributed by atoms with Crippen molar-refractivity contribution >= 4 is 11.8 Å². The van der Waals surface area contributed by atoms with Crippen molar-refractivity contribution in [3.8, 4) is 0 Å². The normalized spacial score (nSPS) is 12.9. The van der Waals surface area contributed by atoms with Crippen molar-refractivity contribution in [1.29, 1.82) is 0 Å². The molecule has 0 aliphatic carbocycles. The monoisotopic (exact) mass is 155 g/mol. The second-order valence-electron chi connectivity index (χ2n) is 1.86. The van der Waals surface area contributed by atoms with Crippen LogP contribution >= 0.6 is 11.8 Å². The van der Waals surface area contributed by atoms with E-state index < -0.39 is 0 Å². The van der Waals surface area contributed by atoms with E-state index in [1.54, 1.807) is 24.2 Å². The second kappa shape index (κ2) is 3.46. The topological polar surface area (TPSA) is 26.0 Å². The summed E-state index contributed by atoms with van der Waals surface area (Å²) < 4.78 is 5.01. The minimum atomic E-state index is 0.360. The Morgan fingerprint density at radius 3 is 3.20 bits per heavy atom. The summed E-state index contributed by atoms with van der Waals surface area (Å²) in [5, 5.41) is 1.06. The Bertz CT molecular complexity index is 195. The third kappa shape index (κ3) is 1.92. The highest BCUT2D eigenvalue weighted by Crippen LogP contribution is 2.20. The Morgan fingerprint density at radius 1 is 1.90 bits per heavy atom. The first-order valence-electron chi connectivity index (χ1n) is 3.01. The number of oxazole rings is 1. The number of nitrogens with zero attached hydrogens (tertiary/aromatic N) is 1. The van der Waals surface area contributed by atoms with Crippen molar-refractivity contribution in [2.24, 2.45) is 0 Å². The number of hydrogen-bond acceptors (Lipinski definition) is 3. The average Bonchev–Trinajstić information content (AvgIpc) is 2.40. The van der Waals surface area contributed by atoms with Crippen LogP contribution in [0.2, 0.25) is 0 Å². The van der Waals surface area contributed by atoms with Crippen LogP contribution in [0.1, 0.15) is 6.92 Å². The Labute approximate surface area is 64.3 Å². The van der Waals surface area contributed by atoms with Gasteiger partial charge in [0.15, 0.2) is 0 Å². The molecule has 0 radical (unpaired) electrons. The molecule has 0 saturated carbocycles. The zero-order valence-electron chi connectivity index (χ0n) is 5.78. The second-order valence-corrected chi connectivity index (χ2v) is 3.19. The minimum absolute atomic E-state index is 0.360. The molecule has 0 saturated heterocycles. The largest absolute Gasteiger partial charge is 0.440 e. The minimum Gasteiger partial charge on any atom is -0.440 e. The maximum Gasteiger partial charge on any atom is 0.256 e. The Morgan fingerprint density at radius 2 is 2.70 bits per heavy atom. The van der Waals surface area contributed by atoms with E-state index in [0.717, 1.165) is 0 Å². The van der Waals surface area contributed by atoms with Gasteiger partial charge in [0.1, 0.15) is 6.26 Å². The van der Waals surface area contributed by atoms with Crippen LogP contribution in [0.3, 0.4) is 0 Å². The Balaban J connectivity index is 2.47. The van der Waals surface area contributed by atoms with Crippen LogP contribution in [0.25, 0.3) is 0 Å². The van der Waals surface area contributed by atoms with Gasteiger partial charge in [0.25, 0.3) is 5.22 Å². The van der Waals surface area contributed by atoms with Crippen molar-refractivity contribution in [3.05, 3.63) is 25.1 Å². The number of hydrogen-bond donors (Lipinski definition) is 0. The van der Waals surface area contributed by atoms with E-state index in [-0.39, 0.29) is 0 Å². The lowest BCUT2D eigenvalue weighted by molar-refractivity contribution is 0.454. The molecule has 0 aromatic carbocycles. The highest BCUT2D eigenvalue weighted by molar-refractivity contribution is 7.99. The molecule has 1 aromatic heterocycles. The third-order valence-corrected chi connectivity index (χ3v) is 2.00. The molecule has 54 valence electrons. The van der Waals surface area contributed by atoms with Gasteiger partial charge in [0.05, 0.1) is 6.20 Å². The maximum atomic E-state index is 5.01. The van der Waals surface area contributed by atoms with Crippen molar-refractivity contribution in [2.75, 3.05) is 0 Å². The van der Waals surface area contributed by atoms with Gasteiger partial charge >= 0.3 is 0 Å². The first-order valence-corrected chi connectivity index (χ1v) is 3.89. The molecule has 0 fully saturated rings. The van der Waals surface area contributed by atoms with Crippen LogP contribution in [-0.4, -0.2) is 10.2 Å². The third-order valence-electron chi connectivity index (χ3n) is 1.03. The number of aromatic nitrogens is 1. The summed E-state index contributed by atoms with van der Waals surface area (Å²) in [6.07, 6.45) is 5.06. The molecular formula is C7H9NOS. The van der Waals surface area contributed by atoms with Gasteiger partial charge in [0.2, 0.25) is 0 Å². The molecule has 2 nitrogen and oxygen atoms in total. The molecule has 0 aliphatic heterocycles. The highest BCUT2D eigenvalue weighted by atomic mass is 32.2. The van der Waals surface area contributed by atoms with Gasteiger partial charge in [-0.05, 0) is 6.92 Å². The van der Waals surface area contributed by atoms with Gasteiger partial charge in [-0.25, -0.2) is 4.98 Å². The molecule has 0 amide bonds. The van der Waals surface area contributed by atoms with Crippen LogP contribution in [0.15, 0.2) is 34.8 Å². The van der Waals surface area contributed by atoms with Crippen LogP contribution in [-0.2, 0) is 0 Å². The van der Waals surface area contributed by atoms with E-state index in [4.69, 9.17) is 4.42 Å². The first-order chi connectivity index (χ1) is 4.83. The maximum absolute atomic E-state index is 5.01. The SMILES string of the molecule is C=CC(C)Sc1ncco1. The van der Waals surface area contributed by atoms with Crippen molar-refractivity contribution in [3.63, 3.8) is 0 Å². The van der Waals surface area contributed by atoms with Crippen molar-refractivity contribution in [1.82, 2.24) is 4.98 Å². The Hall–Kier alpha value is -0.700. The molecule has 3 heteroatoms. The molecule has 0 aliphatic rings. The summed E-state index contributed by atoms with van der Waals surface area (Å²) in [5.74, 6) is 0. The predicted octanol–water partition coefficient (Wildman–Crippen LogP) is 2.34. The summed E-state index contributed by atoms with van der Waals surface area (Å²) in [6, 6.07) is 0. The van der Waals surface area contributed by atoms with Crippen LogP contribution in [0.4, 0.5) is 0 Å². The lowest BCUT2D eigenvalue weighted by Gasteiger charge is -1.98. The molecule has 1 unspecified atom stereocenters. The summed E-state index contributed by atoms with van der Waals surface area (Å²) in [5.41, 5.74) is 0. The van der Waals surface area contributed by atoms with Gasteiger partial charge < -0.3 is 4.42 Å². The zero-order valence-corrected chi connectivity index (χ0v) is 6.60. The van der Waals surface area contributed by atoms with Crippen LogP contribution in [0, 0.1) is 0 Å². The average molecular weight is 155 g/mol. The highest BCUT2D eigenvalue weighted by Gasteiger charge is 2.01. The van der Waals surface area contributed by atoms with E-state index in [9.17, 15) is 0 Å². The summed E-state index contributed by atoms with van der Waals surface area (Å²) in [7, 11) is 0. The molecule has 0 bridgehead atoms. The van der Waals surface area contributed by atoms with Gasteiger partial charge in [-0.2, -0.15) is 0 Å². The van der Waals surface area contributed by atoms with E-state index in [0.29, 0.717) is 10.5 Å². The fourth-order valence-electron chi connectivity index (χ4n) is 0.476. The van der Waals surface area contributed by atoms with Gasteiger partial charge in [-0.3, -0.25) is 0 Å². The summed E-state index contributed by atoms with van der Waals surface area (Å²) in [6.45, 7) is 5.69. The summed E-state index contributed by atoms with van der Waals surface area (Å²) in [4.78, 5) is 3.95. The Kier molecular flexibility index (Phi) is 2.57. The molecule has 1 heterocycles. The summed E-state index contributed by atoms with van der Waals surface area (Å²) >= 11 is 1.55. The van der Waals surface area contributed by atoms with Gasteiger partial charge in [0, 0.05) is 5.25 Å². The molecule has 0 N–H and O–H groups in total. The van der Waals surface area contributed by atoms with Crippen molar-refractivity contribution in [2.45, 2.75) is 17.4 Å². The lowest BCUT2D eigenvalue weighted by Crippen LogP contribution is -1.87. The number of thioether (sulfide) groups is 1. The lowest BCUT2D eigenvalue weighted by atomic mass is 10.5. The van der Waals surface area contributed by atoms with E-state index in [1.807, 2.05) is 13.0 Å². The molecule has 0 spiro atoms. The standard InChI is InChI=1S/C7H9NOS/c1-3-6(2)10-7-8-4-5-9-7/h3-6H,1H2,2H3. The fraction of sp³-hybridized carbons (Fsp3) is 0.286. The van der Waals surface area contributed by atoms with Gasteiger partial charge in [-0.15, -0.1) is 6.58 Å². The molecular weight excluding hydrogens is 146 g/mol. The molecule has 1 aromatic rings. The zero-order chi connectivity index (χ0) is 7.40. The number of rotatable bonds is 3. The predicted molar refractivity (Wildman–Crippen MR) is 42.0 cm³/mol. The quantitative estimate of drug-likeness (QED) is 0.495. The van der Waals surface area contributed by atoms with E-state index >= 15 is 0 Å². The molecule has 1 rings (SSSR count). The van der Waals surface area contributed by atoms with Crippen LogP contribution in [0.5, 0.6) is 0 Å². The smallest absolute Gasteiger partial charge is 0.256 e. The fourth-order valence-corrected chi connectivity index (χ4v) is 1.12. The van der Waals surface area contributed by atoms with Crippen LogP contribution < -0.4 is 0 Å². The van der Waals surface area contributed by atoms with Gasteiger partial charge in [-0.1, -0.05) is 17.8 Å².